The standard InChI is InChI=1S/C19H24ClN5O2/c1-4-27-19(26)25-10-8-24(9-11-25)18-12-17(21-14(3)22-18)23-16-7-5-6-15(20)13(16)2/h5-7,12H,4,8-11H2,1-3H3,(H,21,22,23). The molecule has 1 aromatic carbocycles. The molecule has 1 aliphatic rings. The van der Waals surface area contributed by atoms with E-state index in [1.165, 1.54) is 0 Å². The highest BCUT2D eigenvalue weighted by Gasteiger charge is 2.23. The monoisotopic (exact) mass is 389 g/mol. The molecule has 1 fully saturated rings. The Morgan fingerprint density at radius 2 is 1.96 bits per heavy atom. The number of hydrogen-bond acceptors (Lipinski definition) is 6. The van der Waals surface area contributed by atoms with Gasteiger partial charge in [0.25, 0.3) is 0 Å². The van der Waals surface area contributed by atoms with Crippen LogP contribution in [-0.2, 0) is 4.74 Å². The highest BCUT2D eigenvalue weighted by Crippen LogP contribution is 2.27. The number of carbonyl (C=O) groups excluding carboxylic acids is 1. The number of halogens is 1. The van der Waals surface area contributed by atoms with Gasteiger partial charge >= 0.3 is 6.09 Å². The summed E-state index contributed by atoms with van der Waals surface area (Å²) in [6.45, 7) is 8.66. The summed E-state index contributed by atoms with van der Waals surface area (Å²) in [4.78, 5) is 24.8. The Morgan fingerprint density at radius 1 is 1.22 bits per heavy atom. The highest BCUT2D eigenvalue weighted by atomic mass is 35.5. The van der Waals surface area contributed by atoms with Gasteiger partial charge in [-0.1, -0.05) is 17.7 Å². The fourth-order valence-electron chi connectivity index (χ4n) is 2.99. The first kappa shape index (κ1) is 19.2. The van der Waals surface area contributed by atoms with Gasteiger partial charge in [0.05, 0.1) is 6.61 Å². The van der Waals surface area contributed by atoms with Crippen molar-refractivity contribution in [2.24, 2.45) is 0 Å². The Kier molecular flexibility index (Phi) is 6.01. The van der Waals surface area contributed by atoms with Crippen LogP contribution in [0.1, 0.15) is 18.3 Å². The first-order valence-corrected chi connectivity index (χ1v) is 9.40. The molecule has 7 nitrogen and oxygen atoms in total. The van der Waals surface area contributed by atoms with Crippen LogP contribution in [-0.4, -0.2) is 53.7 Å². The molecule has 2 heterocycles. The zero-order chi connectivity index (χ0) is 19.4. The summed E-state index contributed by atoms with van der Waals surface area (Å²) in [6.07, 6.45) is -0.255. The van der Waals surface area contributed by atoms with Gasteiger partial charge in [-0.15, -0.1) is 0 Å². The fraction of sp³-hybridized carbons (Fsp3) is 0.421. The molecular formula is C19H24ClN5O2. The number of aromatic nitrogens is 2. The number of nitrogens with zero attached hydrogens (tertiary/aromatic N) is 4. The topological polar surface area (TPSA) is 70.6 Å². The van der Waals surface area contributed by atoms with E-state index >= 15 is 0 Å². The predicted molar refractivity (Wildman–Crippen MR) is 107 cm³/mol. The third-order valence-electron chi connectivity index (χ3n) is 4.48. The molecule has 1 aliphatic heterocycles. The zero-order valence-corrected chi connectivity index (χ0v) is 16.6. The number of rotatable bonds is 4. The molecule has 2 aromatic rings. The molecule has 0 atom stereocenters. The van der Waals surface area contributed by atoms with Crippen molar-refractivity contribution in [3.63, 3.8) is 0 Å². The molecule has 1 aromatic heterocycles. The third kappa shape index (κ3) is 4.60. The van der Waals surface area contributed by atoms with Gasteiger partial charge in [0.2, 0.25) is 0 Å². The van der Waals surface area contributed by atoms with Crippen LogP contribution in [0.2, 0.25) is 5.02 Å². The second-order valence-corrected chi connectivity index (χ2v) is 6.78. The smallest absolute Gasteiger partial charge is 0.409 e. The highest BCUT2D eigenvalue weighted by molar-refractivity contribution is 6.31. The first-order valence-electron chi connectivity index (χ1n) is 9.02. The maximum atomic E-state index is 11.9. The van der Waals surface area contributed by atoms with E-state index in [0.717, 1.165) is 22.9 Å². The van der Waals surface area contributed by atoms with Gasteiger partial charge in [-0.3, -0.25) is 0 Å². The van der Waals surface area contributed by atoms with Gasteiger partial charge in [-0.25, -0.2) is 14.8 Å². The van der Waals surface area contributed by atoms with Crippen molar-refractivity contribution in [1.29, 1.82) is 0 Å². The maximum Gasteiger partial charge on any atom is 0.409 e. The minimum atomic E-state index is -0.255. The zero-order valence-electron chi connectivity index (χ0n) is 15.8. The van der Waals surface area contributed by atoms with E-state index in [1.807, 2.05) is 45.0 Å². The molecule has 8 heteroatoms. The summed E-state index contributed by atoms with van der Waals surface area (Å²) >= 11 is 6.20. The van der Waals surface area contributed by atoms with Crippen LogP contribution in [0, 0.1) is 13.8 Å². The minimum absolute atomic E-state index is 0.255. The van der Waals surface area contributed by atoms with Crippen molar-refractivity contribution >= 4 is 35.0 Å². The van der Waals surface area contributed by atoms with Crippen LogP contribution in [0.15, 0.2) is 24.3 Å². The van der Waals surface area contributed by atoms with Crippen molar-refractivity contribution < 1.29 is 9.53 Å². The minimum Gasteiger partial charge on any atom is -0.450 e. The van der Waals surface area contributed by atoms with Gasteiger partial charge < -0.3 is 19.9 Å². The average Bonchev–Trinajstić information content (AvgIpc) is 2.65. The first-order chi connectivity index (χ1) is 13.0. The van der Waals surface area contributed by atoms with E-state index in [1.54, 1.807) is 4.90 Å². The van der Waals surface area contributed by atoms with Gasteiger partial charge in [-0.2, -0.15) is 0 Å². The van der Waals surface area contributed by atoms with Gasteiger partial charge in [0.15, 0.2) is 0 Å². The van der Waals surface area contributed by atoms with Crippen LogP contribution >= 0.6 is 11.6 Å². The maximum absolute atomic E-state index is 11.9. The number of hydrogen-bond donors (Lipinski definition) is 1. The molecule has 0 unspecified atom stereocenters. The quantitative estimate of drug-likeness (QED) is 0.858. The summed E-state index contributed by atoms with van der Waals surface area (Å²) in [5.41, 5.74) is 1.89. The number of carbonyl (C=O) groups is 1. The molecule has 1 saturated heterocycles. The van der Waals surface area contributed by atoms with Gasteiger partial charge in [0.1, 0.15) is 17.5 Å². The lowest BCUT2D eigenvalue weighted by molar-refractivity contribution is 0.105. The van der Waals surface area contributed by atoms with Crippen LogP contribution in [0.25, 0.3) is 0 Å². The predicted octanol–water partition coefficient (Wildman–Crippen LogP) is 3.77. The number of ether oxygens (including phenoxy) is 1. The van der Waals surface area contributed by atoms with E-state index in [-0.39, 0.29) is 6.09 Å². The number of benzene rings is 1. The Balaban J connectivity index is 1.73. The molecule has 3 rings (SSSR count). The Labute approximate surface area is 164 Å². The van der Waals surface area contributed by atoms with E-state index in [0.29, 0.717) is 43.6 Å². The van der Waals surface area contributed by atoms with E-state index in [2.05, 4.69) is 20.2 Å². The molecule has 27 heavy (non-hydrogen) atoms. The molecule has 0 saturated carbocycles. The van der Waals surface area contributed by atoms with E-state index < -0.39 is 0 Å². The molecule has 144 valence electrons. The van der Waals surface area contributed by atoms with Gasteiger partial charge in [0, 0.05) is 43.0 Å². The largest absolute Gasteiger partial charge is 0.450 e. The van der Waals surface area contributed by atoms with Crippen molar-refractivity contribution in [2.45, 2.75) is 20.8 Å². The SMILES string of the molecule is CCOC(=O)N1CCN(c2cc(Nc3cccc(Cl)c3C)nc(C)n2)CC1. The van der Waals surface area contributed by atoms with E-state index in [4.69, 9.17) is 16.3 Å². The van der Waals surface area contributed by atoms with Crippen LogP contribution in [0.4, 0.5) is 22.1 Å². The summed E-state index contributed by atoms with van der Waals surface area (Å²) < 4.78 is 5.07. The molecular weight excluding hydrogens is 366 g/mol. The number of piperazine rings is 1. The Hall–Kier alpha value is -2.54. The average molecular weight is 390 g/mol. The molecule has 0 radical (unpaired) electrons. The van der Waals surface area contributed by atoms with Crippen LogP contribution < -0.4 is 10.2 Å². The lowest BCUT2D eigenvalue weighted by Crippen LogP contribution is -2.49. The molecule has 0 bridgehead atoms. The number of aryl methyl sites for hydroxylation is 1. The second-order valence-electron chi connectivity index (χ2n) is 6.37. The summed E-state index contributed by atoms with van der Waals surface area (Å²) in [5, 5.41) is 4.04. The summed E-state index contributed by atoms with van der Waals surface area (Å²) in [7, 11) is 0. The van der Waals surface area contributed by atoms with Crippen molar-refractivity contribution in [3.05, 3.63) is 40.7 Å². The number of amides is 1. The Bertz CT molecular complexity index is 822. The fourth-order valence-corrected chi connectivity index (χ4v) is 3.17. The van der Waals surface area contributed by atoms with Gasteiger partial charge in [-0.05, 0) is 38.5 Å². The van der Waals surface area contributed by atoms with Crippen molar-refractivity contribution in [3.8, 4) is 0 Å². The molecule has 1 N–H and O–H groups in total. The lowest BCUT2D eigenvalue weighted by atomic mass is 10.2. The third-order valence-corrected chi connectivity index (χ3v) is 4.89. The molecule has 0 aliphatic carbocycles. The molecule has 1 amide bonds. The second kappa shape index (κ2) is 8.43. The van der Waals surface area contributed by atoms with Crippen molar-refractivity contribution in [1.82, 2.24) is 14.9 Å². The van der Waals surface area contributed by atoms with Crippen LogP contribution in [0.5, 0.6) is 0 Å². The number of nitrogens with one attached hydrogen (secondary N) is 1. The molecule has 0 spiro atoms. The summed E-state index contributed by atoms with van der Waals surface area (Å²) in [5.74, 6) is 2.24. The van der Waals surface area contributed by atoms with Crippen LogP contribution in [0.3, 0.4) is 0 Å². The summed E-state index contributed by atoms with van der Waals surface area (Å²) in [6, 6.07) is 7.66. The Morgan fingerprint density at radius 3 is 2.67 bits per heavy atom. The van der Waals surface area contributed by atoms with Crippen molar-refractivity contribution in [2.75, 3.05) is 43.0 Å². The lowest BCUT2D eigenvalue weighted by Gasteiger charge is -2.34. The van der Waals surface area contributed by atoms with E-state index in [9.17, 15) is 4.79 Å². The number of anilines is 3. The normalized spacial score (nSPS) is 14.2.